The normalized spacial score (nSPS) is 17.1. The van der Waals surface area contributed by atoms with E-state index in [4.69, 9.17) is 0 Å². The van der Waals surface area contributed by atoms with Crippen LogP contribution in [0, 0.1) is 6.92 Å². The minimum Gasteiger partial charge on any atom is -0.341 e. The number of hydrogen-bond acceptors (Lipinski definition) is 3. The van der Waals surface area contributed by atoms with Gasteiger partial charge in [-0.05, 0) is 12.5 Å². The number of nitrogens with zero attached hydrogens (tertiary/aromatic N) is 1. The number of amides is 1. The third-order valence-electron chi connectivity index (χ3n) is 3.37. The zero-order valence-corrected chi connectivity index (χ0v) is 12.4. The largest absolute Gasteiger partial charge is 0.341 e. The highest BCUT2D eigenvalue weighted by atomic mass is 32.2. The molecule has 1 unspecified atom stereocenters. The van der Waals surface area contributed by atoms with Crippen LogP contribution in [0.25, 0.3) is 0 Å². The van der Waals surface area contributed by atoms with Gasteiger partial charge in [-0.15, -0.1) is 0 Å². The lowest BCUT2D eigenvalue weighted by molar-refractivity contribution is -0.132. The maximum atomic E-state index is 12.0. The third kappa shape index (κ3) is 4.27. The van der Waals surface area contributed by atoms with E-state index >= 15 is 0 Å². The lowest BCUT2D eigenvalue weighted by Crippen LogP contribution is -2.40. The van der Waals surface area contributed by atoms with Crippen LogP contribution in [0.15, 0.2) is 24.3 Å². The van der Waals surface area contributed by atoms with Crippen LogP contribution in [0.4, 0.5) is 0 Å². The molecule has 5 heteroatoms. The summed E-state index contributed by atoms with van der Waals surface area (Å²) in [6, 6.07) is 7.83. The molecule has 1 fully saturated rings. The van der Waals surface area contributed by atoms with Gasteiger partial charge < -0.3 is 4.90 Å². The molecule has 0 saturated carbocycles. The van der Waals surface area contributed by atoms with E-state index in [0.717, 1.165) is 11.1 Å². The molecule has 2 rings (SSSR count). The van der Waals surface area contributed by atoms with Gasteiger partial charge in [0.2, 0.25) is 5.91 Å². The predicted molar refractivity (Wildman–Crippen MR) is 78.7 cm³/mol. The molecule has 20 heavy (non-hydrogen) atoms. The van der Waals surface area contributed by atoms with Gasteiger partial charge in [0, 0.05) is 42.5 Å². The van der Waals surface area contributed by atoms with Crippen LogP contribution < -0.4 is 0 Å². The minimum atomic E-state index is -1.20. The van der Waals surface area contributed by atoms with Gasteiger partial charge in [-0.25, -0.2) is 0 Å². The van der Waals surface area contributed by atoms with E-state index in [1.807, 2.05) is 31.2 Å². The topological polar surface area (TPSA) is 54.5 Å². The van der Waals surface area contributed by atoms with Gasteiger partial charge in [0.1, 0.15) is 11.5 Å². The molecule has 1 saturated heterocycles. The maximum absolute atomic E-state index is 12.0. The average molecular weight is 293 g/mol. The van der Waals surface area contributed by atoms with Crippen molar-refractivity contribution in [3.63, 3.8) is 0 Å². The lowest BCUT2D eigenvalue weighted by Gasteiger charge is -2.25. The number of carbonyl (C=O) groups is 2. The SMILES string of the molecule is Cc1cccc(CS(=O)CC(=O)N2CCC(=O)CC2)c1. The number of benzene rings is 1. The molecular weight excluding hydrogens is 274 g/mol. The van der Waals surface area contributed by atoms with Gasteiger partial charge in [0.05, 0.1) is 0 Å². The first-order valence-corrected chi connectivity index (χ1v) is 8.23. The van der Waals surface area contributed by atoms with Crippen molar-refractivity contribution in [3.8, 4) is 0 Å². The Hall–Kier alpha value is -1.49. The Balaban J connectivity index is 1.85. The summed E-state index contributed by atoms with van der Waals surface area (Å²) in [7, 11) is -1.20. The molecule has 1 aliphatic rings. The second-order valence-electron chi connectivity index (χ2n) is 5.14. The summed E-state index contributed by atoms with van der Waals surface area (Å²) in [6.07, 6.45) is 0.854. The molecule has 0 spiro atoms. The molecule has 0 radical (unpaired) electrons. The Kier molecular flexibility index (Phi) is 5.06. The summed E-state index contributed by atoms with van der Waals surface area (Å²) in [5, 5.41) is 0. The summed E-state index contributed by atoms with van der Waals surface area (Å²) in [4.78, 5) is 24.8. The molecule has 0 bridgehead atoms. The molecule has 0 N–H and O–H groups in total. The quantitative estimate of drug-likeness (QED) is 0.844. The van der Waals surface area contributed by atoms with Crippen LogP contribution in [0.1, 0.15) is 24.0 Å². The van der Waals surface area contributed by atoms with Gasteiger partial charge in [-0.1, -0.05) is 29.8 Å². The number of rotatable bonds is 4. The van der Waals surface area contributed by atoms with E-state index in [-0.39, 0.29) is 17.4 Å². The van der Waals surface area contributed by atoms with Crippen LogP contribution in [-0.4, -0.2) is 39.6 Å². The minimum absolute atomic E-state index is 0.0438. The van der Waals surface area contributed by atoms with E-state index in [2.05, 4.69) is 0 Å². The number of Topliss-reactive ketones (excluding diaryl/α,β-unsaturated/α-hetero) is 1. The van der Waals surface area contributed by atoms with E-state index in [1.54, 1.807) is 4.90 Å². The highest BCUT2D eigenvalue weighted by Gasteiger charge is 2.22. The van der Waals surface area contributed by atoms with Crippen LogP contribution in [-0.2, 0) is 26.1 Å². The van der Waals surface area contributed by atoms with Crippen molar-refractivity contribution in [2.75, 3.05) is 18.8 Å². The van der Waals surface area contributed by atoms with Crippen molar-refractivity contribution < 1.29 is 13.8 Å². The fourth-order valence-corrected chi connectivity index (χ4v) is 3.38. The number of carbonyl (C=O) groups excluding carboxylic acids is 2. The van der Waals surface area contributed by atoms with Crippen LogP contribution >= 0.6 is 0 Å². The van der Waals surface area contributed by atoms with Gasteiger partial charge in [0.15, 0.2) is 0 Å². The van der Waals surface area contributed by atoms with Crippen LogP contribution in [0.3, 0.4) is 0 Å². The average Bonchev–Trinajstić information content (AvgIpc) is 2.39. The number of hydrogen-bond donors (Lipinski definition) is 0. The Morgan fingerprint density at radius 1 is 1.30 bits per heavy atom. The summed E-state index contributed by atoms with van der Waals surface area (Å²) in [5.74, 6) is 0.543. The van der Waals surface area contributed by atoms with E-state index in [1.165, 1.54) is 0 Å². The molecule has 1 aromatic carbocycles. The zero-order valence-electron chi connectivity index (χ0n) is 11.6. The van der Waals surface area contributed by atoms with E-state index in [9.17, 15) is 13.8 Å². The molecule has 1 atom stereocenters. The second kappa shape index (κ2) is 6.79. The number of aryl methyl sites for hydroxylation is 1. The monoisotopic (exact) mass is 293 g/mol. The van der Waals surface area contributed by atoms with Crippen molar-refractivity contribution in [3.05, 3.63) is 35.4 Å². The molecule has 1 aromatic rings. The fraction of sp³-hybridized carbons (Fsp3) is 0.467. The van der Waals surface area contributed by atoms with Crippen molar-refractivity contribution >= 4 is 22.5 Å². The predicted octanol–water partition coefficient (Wildman–Crippen LogP) is 1.44. The molecule has 1 aliphatic heterocycles. The van der Waals surface area contributed by atoms with Gasteiger partial charge in [0.25, 0.3) is 0 Å². The van der Waals surface area contributed by atoms with Gasteiger partial charge in [-0.3, -0.25) is 13.8 Å². The van der Waals surface area contributed by atoms with E-state index in [0.29, 0.717) is 31.7 Å². The highest BCUT2D eigenvalue weighted by Crippen LogP contribution is 2.09. The van der Waals surface area contributed by atoms with Crippen LogP contribution in [0.5, 0.6) is 0 Å². The zero-order chi connectivity index (χ0) is 14.5. The number of ketones is 1. The summed E-state index contributed by atoms with van der Waals surface area (Å²) in [6.45, 7) is 2.93. The Bertz CT molecular complexity index is 532. The van der Waals surface area contributed by atoms with Crippen molar-refractivity contribution in [1.82, 2.24) is 4.90 Å². The smallest absolute Gasteiger partial charge is 0.235 e. The molecule has 1 amide bonds. The molecular formula is C15H19NO3S. The maximum Gasteiger partial charge on any atom is 0.235 e. The first kappa shape index (κ1) is 14.9. The first-order valence-electron chi connectivity index (χ1n) is 6.74. The number of piperidine rings is 1. The summed E-state index contributed by atoms with van der Waals surface area (Å²) < 4.78 is 12.0. The molecule has 4 nitrogen and oxygen atoms in total. The first-order chi connectivity index (χ1) is 9.54. The van der Waals surface area contributed by atoms with Crippen molar-refractivity contribution in [1.29, 1.82) is 0 Å². The number of likely N-dealkylation sites (tertiary alicyclic amines) is 1. The Morgan fingerprint density at radius 3 is 2.65 bits per heavy atom. The Labute approximate surface area is 121 Å². The van der Waals surface area contributed by atoms with Crippen molar-refractivity contribution in [2.45, 2.75) is 25.5 Å². The molecule has 108 valence electrons. The Morgan fingerprint density at radius 2 is 2.00 bits per heavy atom. The standard InChI is InChI=1S/C15H19NO3S/c1-12-3-2-4-13(9-12)10-20(19)11-15(18)16-7-5-14(17)6-8-16/h2-4,9H,5-8,10-11H2,1H3. The van der Waals surface area contributed by atoms with E-state index < -0.39 is 10.8 Å². The third-order valence-corrected chi connectivity index (χ3v) is 4.59. The summed E-state index contributed by atoms with van der Waals surface area (Å²) >= 11 is 0. The lowest BCUT2D eigenvalue weighted by atomic mass is 10.1. The molecule has 0 aromatic heterocycles. The second-order valence-corrected chi connectivity index (χ2v) is 6.59. The highest BCUT2D eigenvalue weighted by molar-refractivity contribution is 7.84. The van der Waals surface area contributed by atoms with Gasteiger partial charge in [-0.2, -0.15) is 0 Å². The van der Waals surface area contributed by atoms with Gasteiger partial charge >= 0.3 is 0 Å². The summed E-state index contributed by atoms with van der Waals surface area (Å²) in [5.41, 5.74) is 2.12. The van der Waals surface area contributed by atoms with Crippen molar-refractivity contribution in [2.24, 2.45) is 0 Å². The fourth-order valence-electron chi connectivity index (χ4n) is 2.27. The van der Waals surface area contributed by atoms with Crippen LogP contribution in [0.2, 0.25) is 0 Å². The molecule has 0 aliphatic carbocycles. The molecule has 1 heterocycles.